The quantitative estimate of drug-likeness (QED) is 0.238. The lowest BCUT2D eigenvalue weighted by molar-refractivity contribution is -0.168. The topological polar surface area (TPSA) is 46.2 Å². The zero-order chi connectivity index (χ0) is 28.5. The lowest BCUT2D eigenvalue weighted by atomic mass is 9.61. The fraction of sp³-hybridized carbons (Fsp3) is 0.778. The molecule has 0 radical (unpaired) electrons. The molecular formula is C36H54O5. The van der Waals surface area contributed by atoms with Crippen LogP contribution in [0.15, 0.2) is 29.8 Å². The second kappa shape index (κ2) is 12.9. The van der Waals surface area contributed by atoms with Crippen LogP contribution in [0, 0.1) is 53.3 Å². The van der Waals surface area contributed by atoms with E-state index in [4.69, 9.17) is 23.7 Å². The van der Waals surface area contributed by atoms with Gasteiger partial charge in [0.2, 0.25) is 6.79 Å². The Morgan fingerprint density at radius 3 is 2.27 bits per heavy atom. The smallest absolute Gasteiger partial charge is 0.231 e. The number of hydrogen-bond acceptors (Lipinski definition) is 5. The molecule has 3 aliphatic heterocycles. The molecule has 0 bridgehead atoms. The first-order valence-electron chi connectivity index (χ1n) is 16.9. The first kappa shape index (κ1) is 29.4. The molecule has 2 aliphatic carbocycles. The molecule has 1 aromatic carbocycles. The van der Waals surface area contributed by atoms with Gasteiger partial charge in [-0.05, 0) is 105 Å². The van der Waals surface area contributed by atoms with E-state index in [0.29, 0.717) is 43.4 Å². The van der Waals surface area contributed by atoms with Gasteiger partial charge in [-0.15, -0.1) is 0 Å². The van der Waals surface area contributed by atoms with Crippen LogP contribution in [-0.4, -0.2) is 38.8 Å². The van der Waals surface area contributed by atoms with Crippen LogP contribution < -0.4 is 14.2 Å². The molecule has 0 amide bonds. The highest BCUT2D eigenvalue weighted by Gasteiger charge is 2.46. The van der Waals surface area contributed by atoms with Gasteiger partial charge >= 0.3 is 0 Å². The monoisotopic (exact) mass is 566 g/mol. The number of ether oxygens (including phenoxy) is 5. The summed E-state index contributed by atoms with van der Waals surface area (Å²) in [6.07, 6.45) is 13.8. The fourth-order valence-corrected chi connectivity index (χ4v) is 9.01. The summed E-state index contributed by atoms with van der Waals surface area (Å²) in [4.78, 5) is 0. The van der Waals surface area contributed by atoms with Crippen molar-refractivity contribution in [3.05, 3.63) is 29.8 Å². The third-order valence-electron chi connectivity index (χ3n) is 11.6. The molecule has 0 aromatic heterocycles. The highest BCUT2D eigenvalue weighted by atomic mass is 16.7. The summed E-state index contributed by atoms with van der Waals surface area (Å²) in [5.41, 5.74) is 1.64. The lowest BCUT2D eigenvalue weighted by Gasteiger charge is -2.51. The Labute approximate surface area is 248 Å². The van der Waals surface area contributed by atoms with Crippen molar-refractivity contribution in [3.8, 4) is 17.2 Å². The van der Waals surface area contributed by atoms with Gasteiger partial charge in [0.15, 0.2) is 11.5 Å². The molecule has 4 fully saturated rings. The molecule has 5 aliphatic rings. The van der Waals surface area contributed by atoms with Crippen molar-refractivity contribution in [1.29, 1.82) is 0 Å². The Morgan fingerprint density at radius 1 is 0.878 bits per heavy atom. The van der Waals surface area contributed by atoms with Gasteiger partial charge < -0.3 is 23.7 Å². The second-order valence-corrected chi connectivity index (χ2v) is 14.5. The molecule has 2 saturated heterocycles. The van der Waals surface area contributed by atoms with Crippen LogP contribution in [0.4, 0.5) is 0 Å². The lowest BCUT2D eigenvalue weighted by Crippen LogP contribution is -2.50. The van der Waals surface area contributed by atoms with Crippen molar-refractivity contribution in [2.75, 3.05) is 26.6 Å². The van der Waals surface area contributed by atoms with Crippen LogP contribution in [0.2, 0.25) is 0 Å². The molecule has 9 unspecified atom stereocenters. The molecule has 3 heterocycles. The van der Waals surface area contributed by atoms with Gasteiger partial charge in [-0.1, -0.05) is 46.6 Å². The van der Waals surface area contributed by atoms with Crippen LogP contribution in [0.3, 0.4) is 0 Å². The van der Waals surface area contributed by atoms with Crippen molar-refractivity contribution in [2.24, 2.45) is 53.3 Å². The Balaban J connectivity index is 1.14. The van der Waals surface area contributed by atoms with Gasteiger partial charge in [-0.25, -0.2) is 0 Å². The minimum absolute atomic E-state index is 0.291. The van der Waals surface area contributed by atoms with E-state index in [0.717, 1.165) is 66.0 Å². The van der Waals surface area contributed by atoms with E-state index in [-0.39, 0.29) is 0 Å². The maximum atomic E-state index is 6.27. The molecule has 1 aromatic rings. The van der Waals surface area contributed by atoms with Crippen molar-refractivity contribution in [1.82, 2.24) is 0 Å². The normalized spacial score (nSPS) is 35.0. The first-order valence-corrected chi connectivity index (χ1v) is 16.9. The van der Waals surface area contributed by atoms with Crippen LogP contribution in [0.5, 0.6) is 17.2 Å². The SMILES string of the molecule is CCC(CCCC(=CCOc1ccc2c(c1)OCO2)C1CC2COC2CC1C(C)C)C1CC2COC2CC1C(C)C. The predicted molar refractivity (Wildman–Crippen MR) is 162 cm³/mol. The molecule has 0 spiro atoms. The Bertz CT molecular complexity index is 1050. The standard InChI is InChI=1S/C36H54O5/c1-6-24(31-14-26-19-38-34(26)17-29(31)22(2)3)8-7-9-25(32-15-27-20-39-35(27)18-30(32)23(4)5)12-13-37-28-10-11-33-36(16-28)41-21-40-33/h10-12,16,22-24,26-27,29-32,34-35H,6-9,13-15,17-21H2,1-5H3. The molecule has 0 N–H and O–H groups in total. The van der Waals surface area contributed by atoms with Gasteiger partial charge in [0.1, 0.15) is 12.4 Å². The molecule has 6 rings (SSSR count). The highest BCUT2D eigenvalue weighted by molar-refractivity contribution is 5.46. The summed E-state index contributed by atoms with van der Waals surface area (Å²) < 4.78 is 29.3. The summed E-state index contributed by atoms with van der Waals surface area (Å²) in [6, 6.07) is 5.91. The Kier molecular flexibility index (Phi) is 9.22. The zero-order valence-electron chi connectivity index (χ0n) is 26.2. The maximum absolute atomic E-state index is 6.27. The van der Waals surface area contributed by atoms with E-state index in [2.05, 4.69) is 40.7 Å². The van der Waals surface area contributed by atoms with E-state index < -0.39 is 0 Å². The summed E-state index contributed by atoms with van der Waals surface area (Å²) in [6.45, 7) is 15.0. The maximum Gasteiger partial charge on any atom is 0.231 e. The van der Waals surface area contributed by atoms with Gasteiger partial charge in [0.25, 0.3) is 0 Å². The van der Waals surface area contributed by atoms with Crippen LogP contribution in [-0.2, 0) is 9.47 Å². The highest BCUT2D eigenvalue weighted by Crippen LogP contribution is 2.50. The molecule has 9 atom stereocenters. The molecule has 228 valence electrons. The Hall–Kier alpha value is -1.72. The average molecular weight is 567 g/mol. The summed E-state index contributed by atoms with van der Waals surface area (Å²) in [5, 5.41) is 0. The Morgan fingerprint density at radius 2 is 1.59 bits per heavy atom. The van der Waals surface area contributed by atoms with E-state index in [1.165, 1.54) is 51.4 Å². The zero-order valence-corrected chi connectivity index (χ0v) is 26.2. The van der Waals surface area contributed by atoms with Crippen molar-refractivity contribution >= 4 is 0 Å². The molecule has 5 heteroatoms. The molecule has 2 saturated carbocycles. The number of fused-ring (bicyclic) bond motifs is 3. The number of rotatable bonds is 12. The van der Waals surface area contributed by atoms with Crippen molar-refractivity contribution in [2.45, 2.75) is 98.2 Å². The second-order valence-electron chi connectivity index (χ2n) is 14.5. The average Bonchev–Trinajstić information content (AvgIpc) is 3.39. The van der Waals surface area contributed by atoms with E-state index >= 15 is 0 Å². The summed E-state index contributed by atoms with van der Waals surface area (Å²) in [7, 11) is 0. The number of benzene rings is 1. The largest absolute Gasteiger partial charge is 0.489 e. The van der Waals surface area contributed by atoms with Crippen LogP contribution in [0.1, 0.15) is 86.0 Å². The fourth-order valence-electron chi connectivity index (χ4n) is 9.01. The third-order valence-corrected chi connectivity index (χ3v) is 11.6. The minimum Gasteiger partial charge on any atom is -0.489 e. The molecule has 5 nitrogen and oxygen atoms in total. The van der Waals surface area contributed by atoms with Crippen molar-refractivity contribution < 1.29 is 23.7 Å². The first-order chi connectivity index (χ1) is 19.9. The minimum atomic E-state index is 0.291. The van der Waals surface area contributed by atoms with Gasteiger partial charge in [-0.2, -0.15) is 0 Å². The van der Waals surface area contributed by atoms with E-state index in [9.17, 15) is 0 Å². The van der Waals surface area contributed by atoms with Gasteiger partial charge in [0.05, 0.1) is 25.4 Å². The van der Waals surface area contributed by atoms with E-state index in [1.807, 2.05) is 18.2 Å². The molecule has 41 heavy (non-hydrogen) atoms. The van der Waals surface area contributed by atoms with E-state index in [1.54, 1.807) is 5.57 Å². The number of hydrogen-bond donors (Lipinski definition) is 0. The molecular weight excluding hydrogens is 512 g/mol. The van der Waals surface area contributed by atoms with Crippen molar-refractivity contribution in [3.63, 3.8) is 0 Å². The third kappa shape index (κ3) is 6.32. The summed E-state index contributed by atoms with van der Waals surface area (Å²) >= 11 is 0. The van der Waals surface area contributed by atoms with Crippen LogP contribution >= 0.6 is 0 Å². The summed E-state index contributed by atoms with van der Waals surface area (Å²) in [5.74, 6) is 9.23. The number of allylic oxidation sites excluding steroid dienone is 1. The predicted octanol–water partition coefficient (Wildman–Crippen LogP) is 8.31. The van der Waals surface area contributed by atoms with Gasteiger partial charge in [0, 0.05) is 17.9 Å². The van der Waals surface area contributed by atoms with Gasteiger partial charge in [-0.3, -0.25) is 0 Å². The van der Waals surface area contributed by atoms with Crippen LogP contribution in [0.25, 0.3) is 0 Å².